The van der Waals surface area contributed by atoms with Crippen LogP contribution in [0.1, 0.15) is 11.1 Å². The number of anilines is 1. The van der Waals surface area contributed by atoms with Crippen molar-refractivity contribution in [2.45, 2.75) is 18.0 Å². The van der Waals surface area contributed by atoms with Gasteiger partial charge in [-0.1, -0.05) is 29.3 Å². The summed E-state index contributed by atoms with van der Waals surface area (Å²) in [5.74, 6) is -1.05. The first kappa shape index (κ1) is 20.1. The van der Waals surface area contributed by atoms with E-state index in [1.165, 1.54) is 24.3 Å². The Kier molecular flexibility index (Phi) is 5.52. The number of nitrogens with two attached hydrogens (primary N) is 1. The number of amides is 1. The molecule has 10 heteroatoms. The van der Waals surface area contributed by atoms with Gasteiger partial charge in [0.05, 0.1) is 21.2 Å². The molecule has 2 aromatic rings. The van der Waals surface area contributed by atoms with Gasteiger partial charge in [-0.05, 0) is 37.3 Å². The Morgan fingerprint density at radius 1 is 1.15 bits per heavy atom. The van der Waals surface area contributed by atoms with Crippen molar-refractivity contribution in [3.05, 3.63) is 58.6 Å². The molecule has 5 nitrogen and oxygen atoms in total. The van der Waals surface area contributed by atoms with Gasteiger partial charge in [0, 0.05) is 0 Å². The van der Waals surface area contributed by atoms with Crippen LogP contribution < -0.4 is 10.0 Å². The quantitative estimate of drug-likeness (QED) is 0.826. The number of rotatable bonds is 5. The predicted octanol–water partition coefficient (Wildman–Crippen LogP) is 3.35. The number of hydrogen-bond donors (Lipinski definition) is 1. The highest BCUT2D eigenvalue weighted by molar-refractivity contribution is 7.92. The second kappa shape index (κ2) is 7.16. The number of aryl methyl sites for hydroxylation is 1. The molecule has 26 heavy (non-hydrogen) atoms. The van der Waals surface area contributed by atoms with Crippen molar-refractivity contribution < 1.29 is 26.4 Å². The molecule has 2 aromatic carbocycles. The maximum Gasteiger partial charge on any atom is 0.416 e. The molecule has 0 aliphatic heterocycles. The molecular formula is C16H14ClF3N2O3S. The summed E-state index contributed by atoms with van der Waals surface area (Å²) in [6.45, 7) is 0.874. The van der Waals surface area contributed by atoms with E-state index in [0.29, 0.717) is 16.4 Å². The molecule has 0 heterocycles. The van der Waals surface area contributed by atoms with E-state index < -0.39 is 39.9 Å². The largest absolute Gasteiger partial charge is 0.416 e. The third kappa shape index (κ3) is 4.28. The maximum atomic E-state index is 13.0. The van der Waals surface area contributed by atoms with Crippen molar-refractivity contribution in [1.82, 2.24) is 0 Å². The number of sulfonamides is 1. The first-order chi connectivity index (χ1) is 11.9. The molecule has 1 amide bonds. The molecule has 0 aliphatic carbocycles. The minimum Gasteiger partial charge on any atom is -0.368 e. The second-order valence-electron chi connectivity index (χ2n) is 5.45. The summed E-state index contributed by atoms with van der Waals surface area (Å²) in [7, 11) is -4.37. The molecule has 2 rings (SSSR count). The molecule has 140 valence electrons. The molecule has 2 N–H and O–H groups in total. The van der Waals surface area contributed by atoms with Gasteiger partial charge in [0.1, 0.15) is 6.54 Å². The summed E-state index contributed by atoms with van der Waals surface area (Å²) in [5, 5.41) is -0.269. The van der Waals surface area contributed by atoms with E-state index in [-0.39, 0.29) is 9.92 Å². The zero-order valence-electron chi connectivity index (χ0n) is 13.4. The van der Waals surface area contributed by atoms with E-state index in [1.54, 1.807) is 6.92 Å². The zero-order chi connectivity index (χ0) is 19.7. The lowest BCUT2D eigenvalue weighted by molar-refractivity contribution is -0.137. The summed E-state index contributed by atoms with van der Waals surface area (Å²) in [6.07, 6.45) is -4.72. The summed E-state index contributed by atoms with van der Waals surface area (Å²) >= 11 is 5.92. The van der Waals surface area contributed by atoms with Gasteiger partial charge < -0.3 is 5.73 Å². The Morgan fingerprint density at radius 2 is 1.73 bits per heavy atom. The van der Waals surface area contributed by atoms with Crippen LogP contribution in [0.25, 0.3) is 0 Å². The lowest BCUT2D eigenvalue weighted by Crippen LogP contribution is -2.38. The molecule has 0 bridgehead atoms. The van der Waals surface area contributed by atoms with Crippen molar-refractivity contribution in [2.24, 2.45) is 5.73 Å². The van der Waals surface area contributed by atoms with Crippen LogP contribution in [0.15, 0.2) is 47.4 Å². The van der Waals surface area contributed by atoms with Gasteiger partial charge in [0.2, 0.25) is 5.91 Å². The molecule has 0 saturated carbocycles. The number of nitrogens with zero attached hydrogens (tertiary/aromatic N) is 1. The minimum absolute atomic E-state index is 0.210. The monoisotopic (exact) mass is 406 g/mol. The van der Waals surface area contributed by atoms with Gasteiger partial charge >= 0.3 is 6.18 Å². The van der Waals surface area contributed by atoms with Gasteiger partial charge in [-0.15, -0.1) is 0 Å². The van der Waals surface area contributed by atoms with Crippen molar-refractivity contribution in [3.8, 4) is 0 Å². The Morgan fingerprint density at radius 3 is 2.23 bits per heavy atom. The number of hydrogen-bond acceptors (Lipinski definition) is 3. The summed E-state index contributed by atoms with van der Waals surface area (Å²) in [5.41, 5.74) is 4.28. The third-order valence-corrected chi connectivity index (χ3v) is 5.54. The molecular weight excluding hydrogens is 393 g/mol. The lowest BCUT2D eigenvalue weighted by Gasteiger charge is -2.25. The van der Waals surface area contributed by atoms with Gasteiger partial charge in [0.25, 0.3) is 10.0 Å². The Labute approximate surface area is 153 Å². The Hall–Kier alpha value is -2.26. The maximum absolute atomic E-state index is 13.0. The highest BCUT2D eigenvalue weighted by Crippen LogP contribution is 2.37. The van der Waals surface area contributed by atoms with Crippen molar-refractivity contribution in [1.29, 1.82) is 0 Å². The van der Waals surface area contributed by atoms with Crippen LogP contribution >= 0.6 is 11.6 Å². The number of alkyl halides is 3. The van der Waals surface area contributed by atoms with E-state index in [0.717, 1.165) is 11.6 Å². The van der Waals surface area contributed by atoms with Gasteiger partial charge in [0.15, 0.2) is 0 Å². The fraction of sp³-hybridized carbons (Fsp3) is 0.188. The van der Waals surface area contributed by atoms with E-state index in [4.69, 9.17) is 17.3 Å². The lowest BCUT2D eigenvalue weighted by atomic mass is 10.2. The summed E-state index contributed by atoms with van der Waals surface area (Å²) in [4.78, 5) is 11.1. The van der Waals surface area contributed by atoms with Crippen LogP contribution in [0.5, 0.6) is 0 Å². The van der Waals surface area contributed by atoms with Gasteiger partial charge in [-0.3, -0.25) is 9.10 Å². The van der Waals surface area contributed by atoms with E-state index in [1.807, 2.05) is 0 Å². The number of halogens is 4. The molecule has 0 aromatic heterocycles. The van der Waals surface area contributed by atoms with E-state index in [2.05, 4.69) is 0 Å². The molecule has 0 atom stereocenters. The molecule has 0 aliphatic rings. The number of carbonyl (C=O) groups is 1. The first-order valence-electron chi connectivity index (χ1n) is 7.17. The zero-order valence-corrected chi connectivity index (χ0v) is 15.0. The standard InChI is InChI=1S/C16H14ClF3N2O3S/c1-10-2-5-12(6-3-10)26(24,25)22(9-15(21)23)14-8-11(16(18,19)20)4-7-13(14)17/h2-8H,9H2,1H3,(H2,21,23). The smallest absolute Gasteiger partial charge is 0.368 e. The van der Waals surface area contributed by atoms with E-state index >= 15 is 0 Å². The van der Waals surface area contributed by atoms with Crippen molar-refractivity contribution in [3.63, 3.8) is 0 Å². The second-order valence-corrected chi connectivity index (χ2v) is 7.72. The topological polar surface area (TPSA) is 80.5 Å². The van der Waals surface area contributed by atoms with Crippen LogP contribution in [0.2, 0.25) is 5.02 Å². The highest BCUT2D eigenvalue weighted by Gasteiger charge is 2.34. The number of carbonyl (C=O) groups excluding carboxylic acids is 1. The minimum atomic E-state index is -4.72. The van der Waals surface area contributed by atoms with Gasteiger partial charge in [-0.2, -0.15) is 13.2 Å². The van der Waals surface area contributed by atoms with Crippen molar-refractivity contribution in [2.75, 3.05) is 10.8 Å². The molecule has 0 fully saturated rings. The first-order valence-corrected chi connectivity index (χ1v) is 8.99. The molecule has 0 saturated heterocycles. The Balaban J connectivity index is 2.65. The third-order valence-electron chi connectivity index (χ3n) is 3.45. The normalized spacial score (nSPS) is 12.0. The van der Waals surface area contributed by atoms with Crippen LogP contribution in [0, 0.1) is 6.92 Å². The van der Waals surface area contributed by atoms with E-state index in [9.17, 15) is 26.4 Å². The Bertz CT molecular complexity index is 929. The molecule has 0 spiro atoms. The number of benzene rings is 2. The SMILES string of the molecule is Cc1ccc(S(=O)(=O)N(CC(N)=O)c2cc(C(F)(F)F)ccc2Cl)cc1. The van der Waals surface area contributed by atoms with Gasteiger partial charge in [-0.25, -0.2) is 8.42 Å². The van der Waals surface area contributed by atoms with Crippen LogP contribution in [-0.4, -0.2) is 20.9 Å². The average molecular weight is 407 g/mol. The summed E-state index contributed by atoms with van der Waals surface area (Å²) in [6, 6.07) is 7.79. The van der Waals surface area contributed by atoms with Crippen LogP contribution in [0.3, 0.4) is 0 Å². The average Bonchev–Trinajstić information content (AvgIpc) is 2.52. The number of primary amides is 1. The van der Waals surface area contributed by atoms with Crippen LogP contribution in [0.4, 0.5) is 18.9 Å². The predicted molar refractivity (Wildman–Crippen MR) is 91.4 cm³/mol. The van der Waals surface area contributed by atoms with Crippen molar-refractivity contribution >= 4 is 33.2 Å². The molecule has 0 unspecified atom stereocenters. The highest BCUT2D eigenvalue weighted by atomic mass is 35.5. The molecule has 0 radical (unpaired) electrons. The fourth-order valence-electron chi connectivity index (χ4n) is 2.16. The fourth-order valence-corrected chi connectivity index (χ4v) is 3.87. The summed E-state index contributed by atoms with van der Waals surface area (Å²) < 4.78 is 65.2. The van der Waals surface area contributed by atoms with Crippen LogP contribution in [-0.2, 0) is 21.0 Å².